The van der Waals surface area contributed by atoms with Crippen LogP contribution in [0.3, 0.4) is 0 Å². The maximum atomic E-state index is 5.55. The van der Waals surface area contributed by atoms with Gasteiger partial charge < -0.3 is 9.47 Å². The van der Waals surface area contributed by atoms with Crippen molar-refractivity contribution in [2.45, 2.75) is 0 Å². The molecule has 2 heteroatoms. The SMILES string of the molecule is [c]1cccc(-c2ccc3c(c2)OCCO3)c1. The van der Waals surface area contributed by atoms with E-state index in [1.807, 2.05) is 36.4 Å². The van der Waals surface area contributed by atoms with Gasteiger partial charge in [-0.1, -0.05) is 24.3 Å². The van der Waals surface area contributed by atoms with Crippen LogP contribution in [0.2, 0.25) is 0 Å². The van der Waals surface area contributed by atoms with E-state index in [9.17, 15) is 0 Å². The van der Waals surface area contributed by atoms with Crippen molar-refractivity contribution in [3.8, 4) is 22.6 Å². The molecular formula is C14H11O2. The molecule has 0 saturated carbocycles. The molecule has 0 unspecified atom stereocenters. The topological polar surface area (TPSA) is 18.5 Å². The number of ether oxygens (including phenoxy) is 2. The molecule has 0 fully saturated rings. The fourth-order valence-electron chi connectivity index (χ4n) is 1.80. The van der Waals surface area contributed by atoms with E-state index in [1.54, 1.807) is 0 Å². The van der Waals surface area contributed by atoms with E-state index < -0.39 is 0 Å². The highest BCUT2D eigenvalue weighted by Crippen LogP contribution is 2.34. The minimum absolute atomic E-state index is 0.622. The molecule has 0 bridgehead atoms. The van der Waals surface area contributed by atoms with Crippen molar-refractivity contribution in [1.29, 1.82) is 0 Å². The third-order valence-electron chi connectivity index (χ3n) is 2.58. The molecule has 1 heterocycles. The Morgan fingerprint density at radius 2 is 1.81 bits per heavy atom. The molecule has 0 aliphatic carbocycles. The van der Waals surface area contributed by atoms with Gasteiger partial charge in [0.25, 0.3) is 0 Å². The predicted octanol–water partition coefficient (Wildman–Crippen LogP) is 2.92. The van der Waals surface area contributed by atoms with Gasteiger partial charge in [0.05, 0.1) is 0 Å². The van der Waals surface area contributed by atoms with Crippen molar-refractivity contribution in [1.82, 2.24) is 0 Å². The van der Waals surface area contributed by atoms with Gasteiger partial charge in [-0.05, 0) is 35.4 Å². The van der Waals surface area contributed by atoms with Crippen LogP contribution in [0.4, 0.5) is 0 Å². The van der Waals surface area contributed by atoms with Crippen LogP contribution in [0.1, 0.15) is 0 Å². The van der Waals surface area contributed by atoms with Crippen LogP contribution >= 0.6 is 0 Å². The fourth-order valence-corrected chi connectivity index (χ4v) is 1.80. The summed E-state index contributed by atoms with van der Waals surface area (Å²) in [6.07, 6.45) is 0. The second-order valence-corrected chi connectivity index (χ2v) is 3.65. The lowest BCUT2D eigenvalue weighted by molar-refractivity contribution is 0.171. The Bertz CT molecular complexity index is 491. The third kappa shape index (κ3) is 1.63. The fraction of sp³-hybridized carbons (Fsp3) is 0.143. The molecule has 2 aromatic rings. The van der Waals surface area contributed by atoms with Crippen molar-refractivity contribution < 1.29 is 9.47 Å². The largest absolute Gasteiger partial charge is 0.486 e. The van der Waals surface area contributed by atoms with Crippen LogP contribution in [0, 0.1) is 6.07 Å². The second-order valence-electron chi connectivity index (χ2n) is 3.65. The molecule has 16 heavy (non-hydrogen) atoms. The summed E-state index contributed by atoms with van der Waals surface area (Å²) in [6.45, 7) is 1.25. The number of benzene rings is 2. The van der Waals surface area contributed by atoms with Crippen LogP contribution in [-0.2, 0) is 0 Å². The van der Waals surface area contributed by atoms with E-state index in [4.69, 9.17) is 9.47 Å². The molecular weight excluding hydrogens is 200 g/mol. The molecule has 79 valence electrons. The lowest BCUT2D eigenvalue weighted by Crippen LogP contribution is -2.15. The van der Waals surface area contributed by atoms with Crippen LogP contribution in [0.15, 0.2) is 42.5 Å². The highest BCUT2D eigenvalue weighted by Gasteiger charge is 2.11. The lowest BCUT2D eigenvalue weighted by atomic mass is 10.1. The Labute approximate surface area is 94.4 Å². The molecule has 0 saturated heterocycles. The second kappa shape index (κ2) is 3.89. The highest BCUT2D eigenvalue weighted by molar-refractivity contribution is 5.67. The summed E-state index contributed by atoms with van der Waals surface area (Å²) in [6, 6.07) is 17.0. The average molecular weight is 211 g/mol. The first-order chi connectivity index (χ1) is 7.93. The van der Waals surface area contributed by atoms with Crippen LogP contribution in [-0.4, -0.2) is 13.2 Å². The van der Waals surface area contributed by atoms with E-state index >= 15 is 0 Å². The van der Waals surface area contributed by atoms with Gasteiger partial charge in [0.2, 0.25) is 0 Å². The third-order valence-corrected chi connectivity index (χ3v) is 2.58. The molecule has 2 nitrogen and oxygen atoms in total. The summed E-state index contributed by atoms with van der Waals surface area (Å²) in [5, 5.41) is 0. The van der Waals surface area contributed by atoms with Gasteiger partial charge in [-0.25, -0.2) is 0 Å². The van der Waals surface area contributed by atoms with E-state index in [2.05, 4.69) is 12.1 Å². The first kappa shape index (κ1) is 9.28. The maximum absolute atomic E-state index is 5.55. The number of hydrogen-bond donors (Lipinski definition) is 0. The minimum Gasteiger partial charge on any atom is -0.486 e. The minimum atomic E-state index is 0.622. The quantitative estimate of drug-likeness (QED) is 0.722. The molecule has 1 aliphatic heterocycles. The molecule has 1 radical (unpaired) electrons. The van der Waals surface area contributed by atoms with Crippen molar-refractivity contribution >= 4 is 0 Å². The summed E-state index contributed by atoms with van der Waals surface area (Å²) >= 11 is 0. The van der Waals surface area contributed by atoms with E-state index in [0.29, 0.717) is 13.2 Å². The molecule has 0 spiro atoms. The normalized spacial score (nSPS) is 13.5. The smallest absolute Gasteiger partial charge is 0.161 e. The molecule has 0 aromatic heterocycles. The van der Waals surface area contributed by atoms with Crippen LogP contribution < -0.4 is 9.47 Å². The van der Waals surface area contributed by atoms with Gasteiger partial charge in [0.15, 0.2) is 11.5 Å². The highest BCUT2D eigenvalue weighted by atomic mass is 16.6. The zero-order chi connectivity index (χ0) is 10.8. The Morgan fingerprint density at radius 1 is 0.938 bits per heavy atom. The van der Waals surface area contributed by atoms with Gasteiger partial charge in [-0.3, -0.25) is 0 Å². The Balaban J connectivity index is 2.03. The number of fused-ring (bicyclic) bond motifs is 1. The zero-order valence-electron chi connectivity index (χ0n) is 8.77. The zero-order valence-corrected chi connectivity index (χ0v) is 8.77. The number of hydrogen-bond acceptors (Lipinski definition) is 2. The summed E-state index contributed by atoms with van der Waals surface area (Å²) in [5.74, 6) is 1.66. The maximum Gasteiger partial charge on any atom is 0.161 e. The number of rotatable bonds is 1. The monoisotopic (exact) mass is 211 g/mol. The molecule has 2 aromatic carbocycles. The summed E-state index contributed by atoms with van der Waals surface area (Å²) in [5.41, 5.74) is 2.26. The first-order valence-corrected chi connectivity index (χ1v) is 5.29. The van der Waals surface area contributed by atoms with E-state index in [-0.39, 0.29) is 0 Å². The summed E-state index contributed by atoms with van der Waals surface area (Å²) in [4.78, 5) is 0. The van der Waals surface area contributed by atoms with E-state index in [0.717, 1.165) is 22.6 Å². The van der Waals surface area contributed by atoms with Gasteiger partial charge in [-0.15, -0.1) is 0 Å². The summed E-state index contributed by atoms with van der Waals surface area (Å²) < 4.78 is 11.0. The van der Waals surface area contributed by atoms with Crippen molar-refractivity contribution in [3.05, 3.63) is 48.5 Å². The average Bonchev–Trinajstić information content (AvgIpc) is 2.39. The molecule has 3 rings (SSSR count). The predicted molar refractivity (Wildman–Crippen MR) is 61.7 cm³/mol. The summed E-state index contributed by atoms with van der Waals surface area (Å²) in [7, 11) is 0. The van der Waals surface area contributed by atoms with E-state index in [1.165, 1.54) is 0 Å². The Kier molecular flexibility index (Phi) is 2.26. The standard InChI is InChI=1S/C14H11O2/c1-2-4-11(5-3-1)12-6-7-13-14(10-12)16-9-8-15-13/h1-2,4-7,10H,8-9H2. The molecule has 0 atom stereocenters. The van der Waals surface area contributed by atoms with Gasteiger partial charge >= 0.3 is 0 Å². The van der Waals surface area contributed by atoms with Gasteiger partial charge in [0.1, 0.15) is 13.2 Å². The molecule has 0 N–H and O–H groups in total. The lowest BCUT2D eigenvalue weighted by Gasteiger charge is -2.18. The van der Waals surface area contributed by atoms with Crippen molar-refractivity contribution in [2.24, 2.45) is 0 Å². The van der Waals surface area contributed by atoms with Crippen molar-refractivity contribution in [3.63, 3.8) is 0 Å². The van der Waals surface area contributed by atoms with Gasteiger partial charge in [0, 0.05) is 0 Å². The Hall–Kier alpha value is -1.96. The molecule has 1 aliphatic rings. The van der Waals surface area contributed by atoms with Gasteiger partial charge in [-0.2, -0.15) is 0 Å². The van der Waals surface area contributed by atoms with Crippen LogP contribution in [0.5, 0.6) is 11.5 Å². The Morgan fingerprint density at radius 3 is 2.62 bits per heavy atom. The first-order valence-electron chi connectivity index (χ1n) is 5.29. The van der Waals surface area contributed by atoms with Crippen molar-refractivity contribution in [2.75, 3.05) is 13.2 Å². The molecule has 0 amide bonds. The van der Waals surface area contributed by atoms with Crippen LogP contribution in [0.25, 0.3) is 11.1 Å².